The van der Waals surface area contributed by atoms with Crippen molar-refractivity contribution in [2.45, 2.75) is 33.0 Å². The monoisotopic (exact) mass is 516 g/mol. The highest BCUT2D eigenvalue weighted by Gasteiger charge is 2.19. The third kappa shape index (κ3) is 5.97. The molecule has 10 nitrogen and oxygen atoms in total. The number of fused-ring (bicyclic) bond motifs is 1. The van der Waals surface area contributed by atoms with Gasteiger partial charge in [0.15, 0.2) is 11.5 Å². The maximum absolute atomic E-state index is 13.8. The van der Waals surface area contributed by atoms with Crippen LogP contribution in [0.3, 0.4) is 0 Å². The molecule has 0 radical (unpaired) electrons. The molecule has 10 heteroatoms. The molecule has 4 aromatic rings. The number of hydrogen-bond donors (Lipinski definition) is 1. The molecule has 1 amide bonds. The molecule has 0 aliphatic carbocycles. The standard InChI is InChI=1S/C28H32N6O4/c1-17(2)30-24(35)16-34-27(23-8-7-9-25(31-23)38-6)32-26-22(28(34)36)13-20(14-29-26)19-10-18(15-33(3)4)11-21(12-19)37-5/h7-14,17H,15-16H2,1-6H3,(H,30,35). The van der Waals surface area contributed by atoms with Crippen LogP contribution in [0.2, 0.25) is 0 Å². The molecule has 3 heterocycles. The summed E-state index contributed by atoms with van der Waals surface area (Å²) in [5.74, 6) is 0.998. The highest BCUT2D eigenvalue weighted by molar-refractivity contribution is 5.83. The van der Waals surface area contributed by atoms with Crippen molar-refractivity contribution in [1.29, 1.82) is 0 Å². The number of ether oxygens (including phenoxy) is 2. The van der Waals surface area contributed by atoms with Crippen LogP contribution in [0.4, 0.5) is 0 Å². The predicted molar refractivity (Wildman–Crippen MR) is 146 cm³/mol. The number of carbonyl (C=O) groups is 1. The van der Waals surface area contributed by atoms with Crippen LogP contribution in [0.25, 0.3) is 33.7 Å². The Bertz CT molecular complexity index is 1530. The summed E-state index contributed by atoms with van der Waals surface area (Å²) in [7, 11) is 7.12. The first-order valence-electron chi connectivity index (χ1n) is 12.2. The fourth-order valence-electron chi connectivity index (χ4n) is 4.17. The predicted octanol–water partition coefficient (Wildman–Crippen LogP) is 3.12. The average molecular weight is 517 g/mol. The van der Waals surface area contributed by atoms with Crippen molar-refractivity contribution in [3.63, 3.8) is 0 Å². The minimum absolute atomic E-state index is 0.0808. The summed E-state index contributed by atoms with van der Waals surface area (Å²) in [4.78, 5) is 42.2. The van der Waals surface area contributed by atoms with E-state index in [2.05, 4.69) is 25.2 Å². The fraction of sp³-hybridized carbons (Fsp3) is 0.321. The molecule has 3 aromatic heterocycles. The van der Waals surface area contributed by atoms with E-state index in [1.54, 1.807) is 37.6 Å². The lowest BCUT2D eigenvalue weighted by atomic mass is 10.0. The van der Waals surface area contributed by atoms with Crippen LogP contribution >= 0.6 is 0 Å². The van der Waals surface area contributed by atoms with Gasteiger partial charge in [-0.2, -0.15) is 0 Å². The molecular formula is C28H32N6O4. The maximum Gasteiger partial charge on any atom is 0.263 e. The number of rotatable bonds is 9. The van der Waals surface area contributed by atoms with Crippen molar-refractivity contribution >= 4 is 16.9 Å². The second-order valence-corrected chi connectivity index (χ2v) is 9.52. The van der Waals surface area contributed by atoms with Crippen LogP contribution < -0.4 is 20.3 Å². The van der Waals surface area contributed by atoms with Gasteiger partial charge in [0.2, 0.25) is 11.8 Å². The molecule has 0 atom stereocenters. The number of aromatic nitrogens is 4. The van der Waals surface area contributed by atoms with Crippen LogP contribution in [0.15, 0.2) is 53.5 Å². The van der Waals surface area contributed by atoms with Crippen LogP contribution in [0.1, 0.15) is 19.4 Å². The number of methoxy groups -OCH3 is 2. The molecular weight excluding hydrogens is 484 g/mol. The first kappa shape index (κ1) is 26.7. The van der Waals surface area contributed by atoms with Crippen LogP contribution in [-0.2, 0) is 17.9 Å². The third-order valence-electron chi connectivity index (χ3n) is 5.76. The topological polar surface area (TPSA) is 111 Å². The van der Waals surface area contributed by atoms with E-state index in [0.717, 1.165) is 23.2 Å². The lowest BCUT2D eigenvalue weighted by Gasteiger charge is -2.15. The van der Waals surface area contributed by atoms with Gasteiger partial charge in [0.1, 0.15) is 18.0 Å². The zero-order chi connectivity index (χ0) is 27.4. The van der Waals surface area contributed by atoms with Crippen molar-refractivity contribution in [2.24, 2.45) is 0 Å². The molecule has 0 spiro atoms. The van der Waals surface area contributed by atoms with E-state index in [9.17, 15) is 9.59 Å². The molecule has 0 fully saturated rings. The minimum atomic E-state index is -0.390. The SMILES string of the molecule is COc1cc(CN(C)C)cc(-c2cnc3nc(-c4cccc(OC)n4)n(CC(=O)NC(C)C)c(=O)c3c2)c1. The Morgan fingerprint density at radius 3 is 2.53 bits per heavy atom. The van der Waals surface area contributed by atoms with Crippen molar-refractivity contribution in [1.82, 2.24) is 29.7 Å². The van der Waals surface area contributed by atoms with Crippen molar-refractivity contribution in [3.05, 3.63) is 64.6 Å². The zero-order valence-electron chi connectivity index (χ0n) is 22.5. The van der Waals surface area contributed by atoms with Gasteiger partial charge in [-0.15, -0.1) is 0 Å². The fourth-order valence-corrected chi connectivity index (χ4v) is 4.17. The van der Waals surface area contributed by atoms with Gasteiger partial charge in [-0.25, -0.2) is 15.0 Å². The van der Waals surface area contributed by atoms with Gasteiger partial charge in [0.25, 0.3) is 5.56 Å². The summed E-state index contributed by atoms with van der Waals surface area (Å²) in [5.41, 5.74) is 2.92. The summed E-state index contributed by atoms with van der Waals surface area (Å²) >= 11 is 0. The Morgan fingerprint density at radius 2 is 1.84 bits per heavy atom. The molecule has 0 bridgehead atoms. The Kier molecular flexibility index (Phi) is 8.02. The number of pyridine rings is 2. The molecule has 0 aliphatic heterocycles. The number of benzene rings is 1. The smallest absolute Gasteiger partial charge is 0.263 e. The molecule has 0 aliphatic rings. The summed E-state index contributed by atoms with van der Waals surface area (Å²) in [6.45, 7) is 4.23. The highest BCUT2D eigenvalue weighted by atomic mass is 16.5. The van der Waals surface area contributed by atoms with Gasteiger partial charge in [0.05, 0.1) is 19.6 Å². The van der Waals surface area contributed by atoms with E-state index in [-0.39, 0.29) is 35.5 Å². The van der Waals surface area contributed by atoms with Crippen LogP contribution in [0.5, 0.6) is 11.6 Å². The molecule has 4 rings (SSSR count). The van der Waals surface area contributed by atoms with E-state index < -0.39 is 0 Å². The quantitative estimate of drug-likeness (QED) is 0.361. The van der Waals surface area contributed by atoms with E-state index in [1.165, 1.54) is 11.7 Å². The van der Waals surface area contributed by atoms with Gasteiger partial charge in [-0.1, -0.05) is 6.07 Å². The van der Waals surface area contributed by atoms with Gasteiger partial charge in [-0.3, -0.25) is 14.2 Å². The Morgan fingerprint density at radius 1 is 1.05 bits per heavy atom. The molecule has 38 heavy (non-hydrogen) atoms. The average Bonchev–Trinajstić information content (AvgIpc) is 2.89. The summed E-state index contributed by atoms with van der Waals surface area (Å²) in [5, 5.41) is 3.13. The van der Waals surface area contributed by atoms with E-state index in [4.69, 9.17) is 9.47 Å². The first-order chi connectivity index (χ1) is 18.2. The largest absolute Gasteiger partial charge is 0.497 e. The van der Waals surface area contributed by atoms with Gasteiger partial charge in [0, 0.05) is 30.4 Å². The highest BCUT2D eigenvalue weighted by Crippen LogP contribution is 2.28. The number of carbonyl (C=O) groups excluding carboxylic acids is 1. The first-order valence-corrected chi connectivity index (χ1v) is 12.2. The minimum Gasteiger partial charge on any atom is -0.497 e. The Balaban J connectivity index is 1.89. The Hall–Kier alpha value is -4.31. The van der Waals surface area contributed by atoms with Gasteiger partial charge in [-0.05, 0) is 69.4 Å². The maximum atomic E-state index is 13.8. The van der Waals surface area contributed by atoms with E-state index in [1.807, 2.05) is 46.1 Å². The van der Waals surface area contributed by atoms with Gasteiger partial charge < -0.3 is 19.7 Å². The van der Waals surface area contributed by atoms with Crippen molar-refractivity contribution < 1.29 is 14.3 Å². The second-order valence-electron chi connectivity index (χ2n) is 9.52. The molecule has 0 saturated carbocycles. The number of nitrogens with one attached hydrogen (secondary N) is 1. The van der Waals surface area contributed by atoms with Crippen molar-refractivity contribution in [3.8, 4) is 34.3 Å². The molecule has 1 aromatic carbocycles. The zero-order valence-corrected chi connectivity index (χ0v) is 22.5. The van der Waals surface area contributed by atoms with E-state index >= 15 is 0 Å². The molecule has 1 N–H and O–H groups in total. The third-order valence-corrected chi connectivity index (χ3v) is 5.76. The summed E-state index contributed by atoms with van der Waals surface area (Å²) < 4.78 is 12.1. The van der Waals surface area contributed by atoms with Crippen LogP contribution in [-0.4, -0.2) is 64.7 Å². The normalized spacial score (nSPS) is 11.3. The lowest BCUT2D eigenvalue weighted by molar-refractivity contribution is -0.122. The lowest BCUT2D eigenvalue weighted by Crippen LogP contribution is -2.37. The summed E-state index contributed by atoms with van der Waals surface area (Å²) in [6.07, 6.45) is 1.68. The number of nitrogens with zero attached hydrogens (tertiary/aromatic N) is 5. The molecule has 0 unspecified atom stereocenters. The van der Waals surface area contributed by atoms with Crippen molar-refractivity contribution in [2.75, 3.05) is 28.3 Å². The molecule has 198 valence electrons. The Labute approximate surface area is 221 Å². The van der Waals surface area contributed by atoms with E-state index in [0.29, 0.717) is 22.7 Å². The summed E-state index contributed by atoms with van der Waals surface area (Å²) in [6, 6.07) is 12.8. The van der Waals surface area contributed by atoms with Gasteiger partial charge >= 0.3 is 0 Å². The number of amides is 1. The van der Waals surface area contributed by atoms with Crippen LogP contribution in [0, 0.1) is 0 Å². The second kappa shape index (κ2) is 11.4. The molecule has 0 saturated heterocycles. The number of hydrogen-bond acceptors (Lipinski definition) is 8.